The Bertz CT molecular complexity index is 950. The minimum atomic E-state index is -0.374. The van der Waals surface area contributed by atoms with Crippen LogP contribution in [0.4, 0.5) is 0 Å². The van der Waals surface area contributed by atoms with E-state index in [0.29, 0.717) is 10.7 Å². The van der Waals surface area contributed by atoms with Crippen LogP contribution in [-0.4, -0.2) is 27.2 Å². The van der Waals surface area contributed by atoms with Crippen LogP contribution in [0.3, 0.4) is 0 Å². The molecule has 0 saturated heterocycles. The van der Waals surface area contributed by atoms with Crippen molar-refractivity contribution < 1.29 is 4.79 Å². The minimum absolute atomic E-state index is 0.0435. The number of carbonyl (C=O) groups excluding carboxylic acids is 1. The maximum Gasteiger partial charge on any atom is 0.270 e. The zero-order chi connectivity index (χ0) is 17.3. The summed E-state index contributed by atoms with van der Waals surface area (Å²) in [5.41, 5.74) is 1.11. The van der Waals surface area contributed by atoms with E-state index in [0.717, 1.165) is 5.56 Å². The van der Waals surface area contributed by atoms with Crippen LogP contribution in [0, 0.1) is 0 Å². The number of pyridine rings is 1. The summed E-state index contributed by atoms with van der Waals surface area (Å²) < 4.78 is 1.37. The smallest absolute Gasteiger partial charge is 0.270 e. The molecule has 0 spiro atoms. The fraction of sp³-hybridized carbons (Fsp3) is 0.167. The van der Waals surface area contributed by atoms with Crippen LogP contribution in [0.5, 0.6) is 0 Å². The summed E-state index contributed by atoms with van der Waals surface area (Å²) in [6.07, 6.45) is 2.94. The number of carbonyl (C=O) groups is 1. The molecule has 0 aliphatic rings. The van der Waals surface area contributed by atoms with Crippen LogP contribution in [0.2, 0.25) is 5.02 Å². The first-order valence-electron chi connectivity index (χ1n) is 7.48. The van der Waals surface area contributed by atoms with Gasteiger partial charge in [0.2, 0.25) is 0 Å². The number of aromatic nitrogens is 2. The first kappa shape index (κ1) is 16.2. The Labute approximate surface area is 144 Å². The molecule has 6 heteroatoms. The summed E-state index contributed by atoms with van der Waals surface area (Å²) in [5.74, 6) is -0.367. The standard InChI is InChI=1S/C18H16ClN3O2/c1-12(13-6-8-14(19)9-7-13)21(2)17(23)15-11-20-16-5-3-4-10-22(16)18(15)24/h3-12H,1-2H3. The molecule has 2 heterocycles. The van der Waals surface area contributed by atoms with Gasteiger partial charge < -0.3 is 4.90 Å². The number of rotatable bonds is 3. The topological polar surface area (TPSA) is 54.7 Å². The van der Waals surface area contributed by atoms with Crippen LogP contribution in [0.1, 0.15) is 28.9 Å². The largest absolute Gasteiger partial charge is 0.335 e. The lowest BCUT2D eigenvalue weighted by Crippen LogP contribution is -2.35. The molecular weight excluding hydrogens is 326 g/mol. The van der Waals surface area contributed by atoms with E-state index in [-0.39, 0.29) is 23.1 Å². The van der Waals surface area contributed by atoms with Gasteiger partial charge in [0.25, 0.3) is 11.5 Å². The van der Waals surface area contributed by atoms with Crippen molar-refractivity contribution in [3.63, 3.8) is 0 Å². The Balaban J connectivity index is 1.95. The zero-order valence-electron chi connectivity index (χ0n) is 13.3. The Morgan fingerprint density at radius 1 is 1.21 bits per heavy atom. The predicted molar refractivity (Wildman–Crippen MR) is 93.4 cm³/mol. The lowest BCUT2D eigenvalue weighted by molar-refractivity contribution is 0.0740. The molecular formula is C18H16ClN3O2. The van der Waals surface area contributed by atoms with E-state index in [2.05, 4.69) is 4.98 Å². The van der Waals surface area contributed by atoms with Gasteiger partial charge in [-0.3, -0.25) is 14.0 Å². The van der Waals surface area contributed by atoms with E-state index in [4.69, 9.17) is 11.6 Å². The van der Waals surface area contributed by atoms with Crippen molar-refractivity contribution in [2.75, 3.05) is 7.05 Å². The van der Waals surface area contributed by atoms with Crippen LogP contribution in [-0.2, 0) is 0 Å². The Morgan fingerprint density at radius 2 is 1.92 bits per heavy atom. The van der Waals surface area contributed by atoms with Gasteiger partial charge in [0.05, 0.1) is 6.04 Å². The number of nitrogens with zero attached hydrogens (tertiary/aromatic N) is 3. The van der Waals surface area contributed by atoms with E-state index < -0.39 is 0 Å². The number of halogens is 1. The Morgan fingerprint density at radius 3 is 2.62 bits per heavy atom. The fourth-order valence-corrected chi connectivity index (χ4v) is 2.63. The summed E-state index contributed by atoms with van der Waals surface area (Å²) in [4.78, 5) is 31.0. The number of amides is 1. The van der Waals surface area contributed by atoms with Crippen LogP contribution in [0.15, 0.2) is 59.7 Å². The number of benzene rings is 1. The predicted octanol–water partition coefficient (Wildman–Crippen LogP) is 3.18. The van der Waals surface area contributed by atoms with E-state index in [1.54, 1.807) is 43.6 Å². The maximum atomic E-state index is 12.7. The molecule has 1 amide bonds. The van der Waals surface area contributed by atoms with Crippen LogP contribution < -0.4 is 5.56 Å². The van der Waals surface area contributed by atoms with Gasteiger partial charge in [-0.2, -0.15) is 0 Å². The summed E-state index contributed by atoms with van der Waals surface area (Å²) in [6, 6.07) is 12.3. The Hall–Kier alpha value is -2.66. The van der Waals surface area contributed by atoms with E-state index in [1.807, 2.05) is 19.1 Å². The quantitative estimate of drug-likeness (QED) is 0.735. The molecule has 1 unspecified atom stereocenters. The third-order valence-corrected chi connectivity index (χ3v) is 4.35. The monoisotopic (exact) mass is 341 g/mol. The van der Waals surface area contributed by atoms with Crippen LogP contribution in [0.25, 0.3) is 5.65 Å². The molecule has 0 saturated carbocycles. The van der Waals surface area contributed by atoms with Crippen molar-refractivity contribution in [3.05, 3.63) is 81.4 Å². The molecule has 0 fully saturated rings. The second-order valence-electron chi connectivity index (χ2n) is 5.55. The van der Waals surface area contributed by atoms with E-state index in [9.17, 15) is 9.59 Å². The highest BCUT2D eigenvalue weighted by Gasteiger charge is 2.22. The highest BCUT2D eigenvalue weighted by Crippen LogP contribution is 2.21. The van der Waals surface area contributed by atoms with E-state index in [1.165, 1.54) is 15.5 Å². The third-order valence-electron chi connectivity index (χ3n) is 4.10. The first-order chi connectivity index (χ1) is 11.5. The van der Waals surface area contributed by atoms with Crippen molar-refractivity contribution in [1.29, 1.82) is 0 Å². The summed E-state index contributed by atoms with van der Waals surface area (Å²) in [7, 11) is 1.67. The SMILES string of the molecule is CC(c1ccc(Cl)cc1)N(C)C(=O)c1cnc2ccccn2c1=O. The molecule has 3 aromatic rings. The highest BCUT2D eigenvalue weighted by molar-refractivity contribution is 6.30. The van der Waals surface area contributed by atoms with Gasteiger partial charge >= 0.3 is 0 Å². The van der Waals surface area contributed by atoms with Crippen molar-refractivity contribution in [1.82, 2.24) is 14.3 Å². The van der Waals surface area contributed by atoms with Gasteiger partial charge in [-0.15, -0.1) is 0 Å². The Kier molecular flexibility index (Phi) is 4.36. The average Bonchev–Trinajstić information content (AvgIpc) is 2.61. The molecule has 0 aliphatic heterocycles. The van der Waals surface area contributed by atoms with Gasteiger partial charge in [-0.05, 0) is 36.8 Å². The normalized spacial score (nSPS) is 12.1. The summed E-state index contributed by atoms with van der Waals surface area (Å²) in [6.45, 7) is 1.90. The molecule has 0 N–H and O–H groups in total. The summed E-state index contributed by atoms with van der Waals surface area (Å²) >= 11 is 5.90. The number of hydrogen-bond donors (Lipinski definition) is 0. The van der Waals surface area contributed by atoms with Gasteiger partial charge in [0.15, 0.2) is 0 Å². The second kappa shape index (κ2) is 6.45. The fourth-order valence-electron chi connectivity index (χ4n) is 2.50. The summed E-state index contributed by atoms with van der Waals surface area (Å²) in [5, 5.41) is 0.636. The minimum Gasteiger partial charge on any atom is -0.335 e. The second-order valence-corrected chi connectivity index (χ2v) is 5.99. The molecule has 5 nitrogen and oxygen atoms in total. The molecule has 1 aromatic carbocycles. The lowest BCUT2D eigenvalue weighted by Gasteiger charge is -2.25. The molecule has 0 radical (unpaired) electrons. The van der Waals surface area contributed by atoms with Gasteiger partial charge in [-0.1, -0.05) is 29.8 Å². The van der Waals surface area contributed by atoms with Crippen molar-refractivity contribution in [2.24, 2.45) is 0 Å². The molecule has 0 bridgehead atoms. The van der Waals surface area contributed by atoms with Gasteiger partial charge in [0.1, 0.15) is 11.2 Å². The van der Waals surface area contributed by atoms with Crippen molar-refractivity contribution in [3.8, 4) is 0 Å². The van der Waals surface area contributed by atoms with Crippen LogP contribution >= 0.6 is 11.6 Å². The van der Waals surface area contributed by atoms with Crippen molar-refractivity contribution in [2.45, 2.75) is 13.0 Å². The molecule has 0 aliphatic carbocycles. The molecule has 122 valence electrons. The lowest BCUT2D eigenvalue weighted by atomic mass is 10.1. The van der Waals surface area contributed by atoms with Gasteiger partial charge in [-0.25, -0.2) is 4.98 Å². The molecule has 2 aromatic heterocycles. The average molecular weight is 342 g/mol. The third kappa shape index (κ3) is 2.90. The molecule has 1 atom stereocenters. The maximum absolute atomic E-state index is 12.7. The number of hydrogen-bond acceptors (Lipinski definition) is 3. The molecule has 3 rings (SSSR count). The van der Waals surface area contributed by atoms with Crippen molar-refractivity contribution >= 4 is 23.2 Å². The zero-order valence-corrected chi connectivity index (χ0v) is 14.1. The first-order valence-corrected chi connectivity index (χ1v) is 7.86. The highest BCUT2D eigenvalue weighted by atomic mass is 35.5. The van der Waals surface area contributed by atoms with E-state index >= 15 is 0 Å². The van der Waals surface area contributed by atoms with Gasteiger partial charge in [0, 0.05) is 24.5 Å². The number of fused-ring (bicyclic) bond motifs is 1. The molecule has 24 heavy (non-hydrogen) atoms.